The number of thiazole rings is 1. The van der Waals surface area contributed by atoms with Gasteiger partial charge < -0.3 is 10.1 Å². The molecule has 18 heavy (non-hydrogen) atoms. The Kier molecular flexibility index (Phi) is 4.98. The number of hydrogen-bond acceptors (Lipinski definition) is 5. The zero-order valence-electron chi connectivity index (χ0n) is 11.0. The van der Waals surface area contributed by atoms with Crippen LogP contribution in [0.15, 0.2) is 6.20 Å². The molecular formula is C12H20ClN3OS. The summed E-state index contributed by atoms with van der Waals surface area (Å²) in [6.45, 7) is 6.97. The van der Waals surface area contributed by atoms with E-state index in [0.717, 1.165) is 29.0 Å². The van der Waals surface area contributed by atoms with Crippen LogP contribution in [-0.2, 0) is 4.74 Å². The van der Waals surface area contributed by atoms with Gasteiger partial charge in [0, 0.05) is 19.1 Å². The Bertz CT molecular complexity index is 383. The quantitative estimate of drug-likeness (QED) is 0.922. The van der Waals surface area contributed by atoms with Crippen LogP contribution in [-0.4, -0.2) is 48.8 Å². The Balaban J connectivity index is 2.26. The van der Waals surface area contributed by atoms with Gasteiger partial charge in [0.1, 0.15) is 9.34 Å². The highest BCUT2D eigenvalue weighted by Gasteiger charge is 2.36. The van der Waals surface area contributed by atoms with E-state index in [2.05, 4.69) is 29.0 Å². The average molecular weight is 290 g/mol. The van der Waals surface area contributed by atoms with Gasteiger partial charge in [-0.2, -0.15) is 0 Å². The summed E-state index contributed by atoms with van der Waals surface area (Å²) in [5, 5.41) is 4.25. The Morgan fingerprint density at radius 3 is 3.00 bits per heavy atom. The molecule has 0 amide bonds. The smallest absolute Gasteiger partial charge is 0.114 e. The van der Waals surface area contributed by atoms with Crippen LogP contribution in [0.4, 0.5) is 0 Å². The van der Waals surface area contributed by atoms with Crippen molar-refractivity contribution >= 4 is 22.9 Å². The number of morpholine rings is 1. The van der Waals surface area contributed by atoms with Gasteiger partial charge in [-0.1, -0.05) is 11.6 Å². The fourth-order valence-corrected chi connectivity index (χ4v) is 3.51. The number of nitrogens with zero attached hydrogens (tertiary/aromatic N) is 2. The largest absolute Gasteiger partial charge is 0.373 e. The van der Waals surface area contributed by atoms with E-state index < -0.39 is 0 Å². The van der Waals surface area contributed by atoms with Gasteiger partial charge in [0.15, 0.2) is 0 Å². The molecule has 1 N–H and O–H groups in total. The molecule has 102 valence electrons. The second-order valence-electron chi connectivity index (χ2n) is 4.75. The number of aromatic nitrogens is 1. The lowest BCUT2D eigenvalue weighted by molar-refractivity contribution is -0.0815. The minimum Gasteiger partial charge on any atom is -0.373 e. The third kappa shape index (κ3) is 3.03. The molecule has 1 aromatic heterocycles. The lowest BCUT2D eigenvalue weighted by atomic mass is 10.1. The topological polar surface area (TPSA) is 37.4 Å². The molecule has 2 unspecified atom stereocenters. The van der Waals surface area contributed by atoms with Gasteiger partial charge in [0.05, 0.1) is 24.9 Å². The van der Waals surface area contributed by atoms with Gasteiger partial charge in [0.25, 0.3) is 0 Å². The molecule has 1 aliphatic heterocycles. The Hall–Kier alpha value is -0.200. The van der Waals surface area contributed by atoms with Crippen LogP contribution in [0.2, 0.25) is 4.34 Å². The van der Waals surface area contributed by atoms with Gasteiger partial charge >= 0.3 is 0 Å². The summed E-state index contributed by atoms with van der Waals surface area (Å²) >= 11 is 7.56. The molecule has 1 fully saturated rings. The van der Waals surface area contributed by atoms with Crippen LogP contribution >= 0.6 is 22.9 Å². The second kappa shape index (κ2) is 6.30. The number of halogens is 1. The first-order valence-electron chi connectivity index (χ1n) is 6.26. The minimum absolute atomic E-state index is 0.133. The summed E-state index contributed by atoms with van der Waals surface area (Å²) in [7, 11) is 1.95. The van der Waals surface area contributed by atoms with Crippen molar-refractivity contribution in [2.45, 2.75) is 32.0 Å². The fraction of sp³-hybridized carbons (Fsp3) is 0.750. The molecule has 0 spiro atoms. The van der Waals surface area contributed by atoms with Crippen LogP contribution in [0.25, 0.3) is 0 Å². The molecular weight excluding hydrogens is 270 g/mol. The molecule has 0 bridgehead atoms. The Morgan fingerprint density at radius 1 is 1.67 bits per heavy atom. The van der Waals surface area contributed by atoms with Crippen molar-refractivity contribution in [3.8, 4) is 0 Å². The molecule has 2 heterocycles. The van der Waals surface area contributed by atoms with Gasteiger partial charge in [-0.3, -0.25) is 4.90 Å². The highest BCUT2D eigenvalue weighted by atomic mass is 35.5. The maximum absolute atomic E-state index is 6.01. The SMILES string of the molecule is CNCC1OCCN(C(C)C)C1c1ncc(Cl)s1. The summed E-state index contributed by atoms with van der Waals surface area (Å²) in [6, 6.07) is 0.671. The molecule has 1 saturated heterocycles. The highest BCUT2D eigenvalue weighted by Crippen LogP contribution is 2.34. The van der Waals surface area contributed by atoms with Crippen LogP contribution in [0.5, 0.6) is 0 Å². The molecule has 0 aromatic carbocycles. The van der Waals surface area contributed by atoms with Crippen molar-refractivity contribution in [2.75, 3.05) is 26.7 Å². The van der Waals surface area contributed by atoms with E-state index in [1.165, 1.54) is 0 Å². The summed E-state index contributed by atoms with van der Waals surface area (Å²) in [5.41, 5.74) is 0. The zero-order chi connectivity index (χ0) is 13.1. The molecule has 2 rings (SSSR count). The molecule has 4 nitrogen and oxygen atoms in total. The van der Waals surface area contributed by atoms with Crippen molar-refractivity contribution < 1.29 is 4.74 Å². The minimum atomic E-state index is 0.133. The first kappa shape index (κ1) is 14.2. The van der Waals surface area contributed by atoms with Gasteiger partial charge in [-0.05, 0) is 20.9 Å². The number of nitrogens with one attached hydrogen (secondary N) is 1. The summed E-state index contributed by atoms with van der Waals surface area (Å²) in [6.07, 6.45) is 1.86. The lowest BCUT2D eigenvalue weighted by Crippen LogP contribution is -2.51. The fourth-order valence-electron chi connectivity index (χ4n) is 2.41. The number of rotatable bonds is 4. The van der Waals surface area contributed by atoms with Crippen molar-refractivity contribution in [3.05, 3.63) is 15.5 Å². The molecule has 0 radical (unpaired) electrons. The molecule has 2 atom stereocenters. The third-order valence-electron chi connectivity index (χ3n) is 3.21. The average Bonchev–Trinajstić information content (AvgIpc) is 2.75. The Morgan fingerprint density at radius 2 is 2.44 bits per heavy atom. The van der Waals surface area contributed by atoms with Crippen molar-refractivity contribution in [3.63, 3.8) is 0 Å². The van der Waals surface area contributed by atoms with Crippen LogP contribution < -0.4 is 5.32 Å². The van der Waals surface area contributed by atoms with Crippen molar-refractivity contribution in [1.82, 2.24) is 15.2 Å². The predicted molar refractivity (Wildman–Crippen MR) is 75.4 cm³/mol. The monoisotopic (exact) mass is 289 g/mol. The van der Waals surface area contributed by atoms with Crippen LogP contribution in [0, 0.1) is 0 Å². The first-order chi connectivity index (χ1) is 8.63. The number of ether oxygens (including phenoxy) is 1. The summed E-state index contributed by atoms with van der Waals surface area (Å²) in [5.74, 6) is 0. The molecule has 1 aliphatic rings. The Labute approximate surface area is 117 Å². The van der Waals surface area contributed by atoms with Gasteiger partial charge in [0.2, 0.25) is 0 Å². The lowest BCUT2D eigenvalue weighted by Gasteiger charge is -2.42. The highest BCUT2D eigenvalue weighted by molar-refractivity contribution is 7.15. The summed E-state index contributed by atoms with van der Waals surface area (Å²) < 4.78 is 6.63. The molecule has 0 saturated carbocycles. The van der Waals surface area contributed by atoms with E-state index in [9.17, 15) is 0 Å². The normalized spacial score (nSPS) is 25.8. The standard InChI is InChI=1S/C12H20ClN3OS/c1-8(2)16-4-5-17-9(6-14-3)11(16)12-15-7-10(13)18-12/h7-9,11,14H,4-6H2,1-3H3. The van der Waals surface area contributed by atoms with Crippen molar-refractivity contribution in [2.24, 2.45) is 0 Å². The third-order valence-corrected chi connectivity index (χ3v) is 4.39. The maximum Gasteiger partial charge on any atom is 0.114 e. The summed E-state index contributed by atoms with van der Waals surface area (Å²) in [4.78, 5) is 6.89. The zero-order valence-corrected chi connectivity index (χ0v) is 12.6. The molecule has 0 aliphatic carbocycles. The van der Waals surface area contributed by atoms with Crippen LogP contribution in [0.1, 0.15) is 24.9 Å². The van der Waals surface area contributed by atoms with E-state index in [4.69, 9.17) is 16.3 Å². The van der Waals surface area contributed by atoms with E-state index in [1.54, 1.807) is 17.5 Å². The van der Waals surface area contributed by atoms with Gasteiger partial charge in [-0.15, -0.1) is 11.3 Å². The van der Waals surface area contributed by atoms with E-state index in [0.29, 0.717) is 6.04 Å². The molecule has 1 aromatic rings. The van der Waals surface area contributed by atoms with E-state index in [-0.39, 0.29) is 12.1 Å². The van der Waals surface area contributed by atoms with E-state index >= 15 is 0 Å². The predicted octanol–water partition coefficient (Wildman–Crippen LogP) is 2.17. The van der Waals surface area contributed by atoms with Gasteiger partial charge in [-0.25, -0.2) is 4.98 Å². The molecule has 6 heteroatoms. The van der Waals surface area contributed by atoms with E-state index in [1.807, 2.05) is 7.05 Å². The second-order valence-corrected chi connectivity index (χ2v) is 6.44. The number of likely N-dealkylation sites (N-methyl/N-ethyl adjacent to an activating group) is 1. The maximum atomic E-state index is 6.01. The van der Waals surface area contributed by atoms with Crippen molar-refractivity contribution in [1.29, 1.82) is 0 Å². The first-order valence-corrected chi connectivity index (χ1v) is 7.46. The number of hydrogen-bond donors (Lipinski definition) is 1. The van der Waals surface area contributed by atoms with Crippen LogP contribution in [0.3, 0.4) is 0 Å².